The zero-order chi connectivity index (χ0) is 37.5. The lowest BCUT2D eigenvalue weighted by Gasteiger charge is -2.14. The van der Waals surface area contributed by atoms with Crippen LogP contribution in [0.15, 0.2) is 182 Å². The Bertz CT molecular complexity index is 3230. The van der Waals surface area contributed by atoms with Crippen molar-refractivity contribution in [3.05, 3.63) is 198 Å². The molecular weight excluding hydrogens is 729 g/mol. The van der Waals surface area contributed by atoms with Crippen molar-refractivity contribution in [2.75, 3.05) is 0 Å². The summed E-state index contributed by atoms with van der Waals surface area (Å²) >= 11 is 3.85. The molecule has 1 saturated carbocycles. The maximum absolute atomic E-state index is 4.81. The van der Waals surface area contributed by atoms with Crippen LogP contribution in [0.25, 0.3) is 91.7 Å². The summed E-state index contributed by atoms with van der Waals surface area (Å²) < 4.78 is 4.00. The summed E-state index contributed by atoms with van der Waals surface area (Å²) in [6.07, 6.45) is 5.50. The number of benzene rings is 7. The third-order valence-corrected chi connectivity index (χ3v) is 14.5. The fraction of sp³-hybridized carbons (Fsp3) is 0.0566. The average Bonchev–Trinajstić information content (AvgIpc) is 3.80. The van der Waals surface area contributed by atoms with E-state index in [4.69, 9.17) is 9.97 Å². The fourth-order valence-corrected chi connectivity index (χ4v) is 11.9. The molecule has 0 amide bonds. The van der Waals surface area contributed by atoms with Gasteiger partial charge in [0.05, 0.1) is 11.4 Å². The largest absolute Gasteiger partial charge is 0.236 e. The van der Waals surface area contributed by atoms with E-state index >= 15 is 0 Å². The van der Waals surface area contributed by atoms with E-state index in [-0.39, 0.29) is 0 Å². The van der Waals surface area contributed by atoms with Crippen LogP contribution in [-0.2, 0) is 0 Å². The summed E-state index contributed by atoms with van der Waals surface area (Å²) in [5.41, 5.74) is 15.7. The van der Waals surface area contributed by atoms with Gasteiger partial charge in [0.2, 0.25) is 0 Å². The van der Waals surface area contributed by atoms with Crippen molar-refractivity contribution in [2.24, 2.45) is 5.92 Å². The van der Waals surface area contributed by atoms with Crippen LogP contribution in [0.5, 0.6) is 0 Å². The molecule has 10 aromatic rings. The van der Waals surface area contributed by atoms with Crippen LogP contribution >= 0.6 is 22.7 Å². The van der Waals surface area contributed by atoms with Gasteiger partial charge < -0.3 is 0 Å². The molecule has 0 spiro atoms. The van der Waals surface area contributed by atoms with Gasteiger partial charge in [-0.05, 0) is 91.9 Å². The first-order valence-electron chi connectivity index (χ1n) is 19.6. The number of allylic oxidation sites excluding steroid dienone is 1. The molecule has 0 N–H and O–H groups in total. The minimum atomic E-state index is 0.645. The monoisotopic (exact) mass is 762 g/mol. The molecule has 2 unspecified atom stereocenters. The van der Waals surface area contributed by atoms with Gasteiger partial charge in [-0.15, -0.1) is 22.7 Å². The van der Waals surface area contributed by atoms with E-state index < -0.39 is 0 Å². The summed E-state index contributed by atoms with van der Waals surface area (Å²) in [6, 6.07) is 61.7. The Morgan fingerprint density at radius 3 is 1.53 bits per heavy atom. The first-order chi connectivity index (χ1) is 28.2. The SMILES string of the molecule is C1=C(c2ccccc2)c2sc3c(-c4cccc(-c5cc(-c6cccc(-c7cccc8c7sc7c(-c9ccccc9)cccc78)c6)ncn5)c4)cccc3c2C2CC12. The molecule has 2 aliphatic carbocycles. The highest BCUT2D eigenvalue weighted by Gasteiger charge is 2.44. The minimum Gasteiger partial charge on any atom is -0.236 e. The molecule has 3 heterocycles. The van der Waals surface area contributed by atoms with Crippen molar-refractivity contribution in [1.29, 1.82) is 0 Å². The van der Waals surface area contributed by atoms with Crippen molar-refractivity contribution in [3.63, 3.8) is 0 Å². The third-order valence-electron chi connectivity index (χ3n) is 11.9. The Hall–Kier alpha value is -6.46. The van der Waals surface area contributed by atoms with Crippen molar-refractivity contribution in [2.45, 2.75) is 12.3 Å². The van der Waals surface area contributed by atoms with E-state index in [1.165, 1.54) is 86.1 Å². The first-order valence-corrected chi connectivity index (χ1v) is 21.2. The lowest BCUT2D eigenvalue weighted by atomic mass is 9.91. The van der Waals surface area contributed by atoms with Gasteiger partial charge in [0.1, 0.15) is 6.33 Å². The number of hydrogen-bond donors (Lipinski definition) is 0. The molecule has 3 aromatic heterocycles. The summed E-state index contributed by atoms with van der Waals surface area (Å²) in [6.45, 7) is 0. The third kappa shape index (κ3) is 5.43. The summed E-state index contributed by atoms with van der Waals surface area (Å²) in [7, 11) is 0. The normalized spacial score (nSPS) is 15.8. The zero-order valence-electron chi connectivity index (χ0n) is 30.9. The van der Waals surface area contributed by atoms with Crippen molar-refractivity contribution in [3.8, 4) is 55.9 Å². The molecule has 0 bridgehead atoms. The van der Waals surface area contributed by atoms with Crippen LogP contribution in [0.4, 0.5) is 0 Å². The van der Waals surface area contributed by atoms with Crippen LogP contribution in [-0.4, -0.2) is 9.97 Å². The maximum atomic E-state index is 4.81. The fourth-order valence-electron chi connectivity index (χ4n) is 9.06. The molecule has 0 radical (unpaired) electrons. The Morgan fingerprint density at radius 2 is 0.912 bits per heavy atom. The van der Waals surface area contributed by atoms with Gasteiger partial charge in [-0.25, -0.2) is 9.97 Å². The topological polar surface area (TPSA) is 25.8 Å². The Labute approximate surface area is 339 Å². The van der Waals surface area contributed by atoms with Gasteiger partial charge in [-0.1, -0.05) is 158 Å². The number of rotatable bonds is 6. The highest BCUT2D eigenvalue weighted by atomic mass is 32.1. The van der Waals surface area contributed by atoms with E-state index in [1.54, 1.807) is 11.9 Å². The molecule has 0 aliphatic heterocycles. The van der Waals surface area contributed by atoms with Gasteiger partial charge in [0.15, 0.2) is 0 Å². The molecule has 57 heavy (non-hydrogen) atoms. The summed E-state index contributed by atoms with van der Waals surface area (Å²) in [5.74, 6) is 1.30. The standard InChI is InChI=1S/C53H34N2S2/c1-3-12-32(13-4-1)39-20-9-23-42-43-24-10-21-40(51(43)56-50(39)42)34-16-7-18-36(26-34)47-30-48(55-31-54-47)37-19-8-17-35(27-37)41-22-11-25-44-49-45-28-38(45)29-46(53(49)57-52(41)44)33-14-5-2-6-15-33/h1-27,29-31,38,45H,28H2. The molecule has 2 atom stereocenters. The van der Waals surface area contributed by atoms with Gasteiger partial charge >= 0.3 is 0 Å². The number of aromatic nitrogens is 2. The Balaban J connectivity index is 0.906. The van der Waals surface area contributed by atoms with Gasteiger partial charge in [0.25, 0.3) is 0 Å². The smallest absolute Gasteiger partial charge is 0.116 e. The summed E-state index contributed by atoms with van der Waals surface area (Å²) in [4.78, 5) is 11.1. The van der Waals surface area contributed by atoms with E-state index in [0.717, 1.165) is 22.5 Å². The molecule has 2 nitrogen and oxygen atoms in total. The molecule has 1 fully saturated rings. The quantitative estimate of drug-likeness (QED) is 0.169. The highest BCUT2D eigenvalue weighted by molar-refractivity contribution is 7.27. The van der Waals surface area contributed by atoms with Crippen LogP contribution < -0.4 is 0 Å². The molecular formula is C53H34N2S2. The molecule has 0 saturated heterocycles. The molecule has 7 aromatic carbocycles. The Kier molecular flexibility index (Phi) is 7.50. The second kappa shape index (κ2) is 13.1. The van der Waals surface area contributed by atoms with Gasteiger partial charge in [0, 0.05) is 40.9 Å². The zero-order valence-corrected chi connectivity index (χ0v) is 32.5. The van der Waals surface area contributed by atoms with Crippen molar-refractivity contribution < 1.29 is 0 Å². The van der Waals surface area contributed by atoms with Crippen LogP contribution in [0, 0.1) is 5.92 Å². The number of nitrogens with zero attached hydrogens (tertiary/aromatic N) is 2. The lowest BCUT2D eigenvalue weighted by Crippen LogP contribution is -1.96. The maximum Gasteiger partial charge on any atom is 0.116 e. The molecule has 4 heteroatoms. The van der Waals surface area contributed by atoms with Gasteiger partial charge in [-0.3, -0.25) is 0 Å². The number of thiophene rings is 2. The van der Waals surface area contributed by atoms with Crippen LogP contribution in [0.3, 0.4) is 0 Å². The van der Waals surface area contributed by atoms with E-state index in [1.807, 2.05) is 22.7 Å². The lowest BCUT2D eigenvalue weighted by molar-refractivity contribution is 1.01. The van der Waals surface area contributed by atoms with Crippen molar-refractivity contribution >= 4 is 58.5 Å². The minimum absolute atomic E-state index is 0.645. The predicted octanol–water partition coefficient (Wildman–Crippen LogP) is 14.9. The first kappa shape index (κ1) is 32.8. The number of fused-ring (bicyclic) bond motifs is 8. The average molecular weight is 763 g/mol. The summed E-state index contributed by atoms with van der Waals surface area (Å²) in [5, 5.41) is 4.01. The van der Waals surface area contributed by atoms with Crippen LogP contribution in [0.1, 0.15) is 28.3 Å². The van der Waals surface area contributed by atoms with Crippen molar-refractivity contribution in [1.82, 2.24) is 9.97 Å². The molecule has 2 aliphatic rings. The Morgan fingerprint density at radius 1 is 0.421 bits per heavy atom. The van der Waals surface area contributed by atoms with Gasteiger partial charge in [-0.2, -0.15) is 0 Å². The molecule has 12 rings (SSSR count). The highest BCUT2D eigenvalue weighted by Crippen LogP contribution is 2.60. The van der Waals surface area contributed by atoms with Crippen LogP contribution in [0.2, 0.25) is 0 Å². The second-order valence-corrected chi connectivity index (χ2v) is 17.3. The van der Waals surface area contributed by atoms with E-state index in [0.29, 0.717) is 11.8 Å². The van der Waals surface area contributed by atoms with E-state index in [2.05, 4.69) is 176 Å². The van der Waals surface area contributed by atoms with E-state index in [9.17, 15) is 0 Å². The second-order valence-electron chi connectivity index (χ2n) is 15.3. The molecule has 268 valence electrons. The predicted molar refractivity (Wildman–Crippen MR) is 242 cm³/mol. The number of hydrogen-bond acceptors (Lipinski definition) is 4.